The first-order chi connectivity index (χ1) is 16.1. The average molecular weight is 461 g/mol. The van der Waals surface area contributed by atoms with Gasteiger partial charge < -0.3 is 14.9 Å². The Morgan fingerprint density at radius 1 is 0.909 bits per heavy atom. The Bertz CT molecular complexity index is 613. The number of unbranched alkanes of at least 4 members (excludes halogenated alkanes) is 10. The minimum absolute atomic E-state index is 0.143. The zero-order chi connectivity index (χ0) is 24.2. The molecule has 2 N–H and O–H groups in total. The smallest absolute Gasteiger partial charge is 0.313 e. The maximum atomic E-state index is 11.7. The van der Waals surface area contributed by atoms with Crippen LogP contribution >= 0.6 is 0 Å². The van der Waals surface area contributed by atoms with Crippen molar-refractivity contribution in [2.45, 2.75) is 123 Å². The van der Waals surface area contributed by atoms with Crippen molar-refractivity contribution in [1.29, 1.82) is 0 Å². The third-order valence-corrected chi connectivity index (χ3v) is 6.23. The molecular weight excluding hydrogens is 412 g/mol. The lowest BCUT2D eigenvalue weighted by Crippen LogP contribution is -2.31. The van der Waals surface area contributed by atoms with Gasteiger partial charge in [-0.15, -0.1) is 0 Å². The second-order valence-corrected chi connectivity index (χ2v) is 9.27. The quantitative estimate of drug-likeness (QED) is 0.146. The molecule has 0 radical (unpaired) electrons. The van der Waals surface area contributed by atoms with Crippen LogP contribution in [0, 0.1) is 5.92 Å². The maximum absolute atomic E-state index is 11.7. The first kappa shape index (κ1) is 29.4. The van der Waals surface area contributed by atoms with Crippen molar-refractivity contribution in [3.63, 3.8) is 0 Å². The normalized spacial score (nSPS) is 14.4. The molecule has 33 heavy (non-hydrogen) atoms. The van der Waals surface area contributed by atoms with Gasteiger partial charge in [-0.05, 0) is 18.4 Å². The van der Waals surface area contributed by atoms with Crippen molar-refractivity contribution in [3.8, 4) is 0 Å². The Morgan fingerprint density at radius 2 is 1.52 bits per heavy atom. The molecule has 0 amide bonds. The summed E-state index contributed by atoms with van der Waals surface area (Å²) in [5, 5.41) is 20.4. The molecule has 4 nitrogen and oxygen atoms in total. The number of benzene rings is 1. The van der Waals surface area contributed by atoms with Crippen molar-refractivity contribution in [1.82, 2.24) is 0 Å². The predicted molar refractivity (Wildman–Crippen MR) is 137 cm³/mol. The monoisotopic (exact) mass is 460 g/mol. The molecule has 4 heteroatoms. The van der Waals surface area contributed by atoms with Gasteiger partial charge in [0.2, 0.25) is 0 Å². The molecule has 0 aliphatic heterocycles. The standard InChI is InChI=1S/C29H48O4/c1-3-5-7-9-10-11-12-13-17-21-26(33-24-25-19-15-14-16-20-25)23-28(30)27(29(31)32)22-18-8-6-4-2/h14-16,18-20,22,26-28,30H,3-13,17,21,23-24H2,1-2H3,(H,31,32)/b22-18-/t26-,27+,28+/m1/s1. The Hall–Kier alpha value is -1.65. The molecule has 0 unspecified atom stereocenters. The maximum Gasteiger partial charge on any atom is 0.313 e. The Labute approximate surface area is 202 Å². The van der Waals surface area contributed by atoms with Gasteiger partial charge in [0.05, 0.1) is 18.8 Å². The lowest BCUT2D eigenvalue weighted by atomic mass is 9.94. The molecule has 0 saturated heterocycles. The van der Waals surface area contributed by atoms with Gasteiger partial charge in [-0.3, -0.25) is 4.79 Å². The number of aliphatic carboxylic acids is 1. The SMILES string of the molecule is CCCC/C=C\[C@H](C(=O)O)[C@@H](O)C[C@@H](CCCCCCCCCCC)OCc1ccccc1. The highest BCUT2D eigenvalue weighted by atomic mass is 16.5. The minimum Gasteiger partial charge on any atom is -0.481 e. The number of ether oxygens (including phenoxy) is 1. The topological polar surface area (TPSA) is 66.8 Å². The largest absolute Gasteiger partial charge is 0.481 e. The highest BCUT2D eigenvalue weighted by Crippen LogP contribution is 2.21. The summed E-state index contributed by atoms with van der Waals surface area (Å²) in [6.45, 7) is 4.84. The second-order valence-electron chi connectivity index (χ2n) is 9.27. The molecule has 1 aromatic carbocycles. The molecule has 0 heterocycles. The molecule has 3 atom stereocenters. The van der Waals surface area contributed by atoms with Crippen LogP contribution < -0.4 is 0 Å². The third kappa shape index (κ3) is 15.0. The summed E-state index contributed by atoms with van der Waals surface area (Å²) < 4.78 is 6.17. The number of carboxylic acid groups (broad SMARTS) is 1. The zero-order valence-corrected chi connectivity index (χ0v) is 21.1. The second kappa shape index (κ2) is 19.8. The van der Waals surface area contributed by atoms with Crippen LogP contribution in [-0.2, 0) is 16.1 Å². The van der Waals surface area contributed by atoms with E-state index in [2.05, 4.69) is 13.8 Å². The fraction of sp³-hybridized carbons (Fsp3) is 0.690. The fourth-order valence-corrected chi connectivity index (χ4v) is 4.10. The molecule has 1 aromatic rings. The number of aliphatic hydroxyl groups excluding tert-OH is 1. The van der Waals surface area contributed by atoms with E-state index in [1.54, 1.807) is 6.08 Å². The molecule has 1 rings (SSSR count). The van der Waals surface area contributed by atoms with Crippen LogP contribution in [0.5, 0.6) is 0 Å². The Morgan fingerprint density at radius 3 is 2.12 bits per heavy atom. The number of aliphatic hydroxyl groups is 1. The van der Waals surface area contributed by atoms with E-state index in [0.29, 0.717) is 13.0 Å². The summed E-state index contributed by atoms with van der Waals surface area (Å²) in [5.41, 5.74) is 1.10. The molecule has 188 valence electrons. The van der Waals surface area contributed by atoms with Crippen LogP contribution in [0.4, 0.5) is 0 Å². The van der Waals surface area contributed by atoms with E-state index in [1.807, 2.05) is 36.4 Å². The van der Waals surface area contributed by atoms with Crippen molar-refractivity contribution >= 4 is 5.97 Å². The summed E-state index contributed by atoms with van der Waals surface area (Å²) in [4.78, 5) is 11.7. The summed E-state index contributed by atoms with van der Waals surface area (Å²) >= 11 is 0. The van der Waals surface area contributed by atoms with Crippen molar-refractivity contribution in [2.24, 2.45) is 5.92 Å². The highest BCUT2D eigenvalue weighted by molar-refractivity contribution is 5.72. The predicted octanol–water partition coefficient (Wildman–Crippen LogP) is 7.69. The van der Waals surface area contributed by atoms with Crippen LogP contribution in [0.25, 0.3) is 0 Å². The van der Waals surface area contributed by atoms with E-state index < -0.39 is 18.0 Å². The van der Waals surface area contributed by atoms with Gasteiger partial charge >= 0.3 is 5.97 Å². The van der Waals surface area contributed by atoms with E-state index in [1.165, 1.54) is 44.9 Å². The van der Waals surface area contributed by atoms with E-state index in [-0.39, 0.29) is 6.10 Å². The molecule has 0 aliphatic rings. The third-order valence-electron chi connectivity index (χ3n) is 6.23. The van der Waals surface area contributed by atoms with Crippen LogP contribution in [0.1, 0.15) is 109 Å². The molecule has 0 aromatic heterocycles. The average Bonchev–Trinajstić information content (AvgIpc) is 2.81. The minimum atomic E-state index is -0.972. The molecular formula is C29H48O4. The lowest BCUT2D eigenvalue weighted by molar-refractivity contribution is -0.144. The van der Waals surface area contributed by atoms with Gasteiger partial charge in [0.25, 0.3) is 0 Å². The molecule has 0 fully saturated rings. The number of rotatable bonds is 21. The van der Waals surface area contributed by atoms with Gasteiger partial charge in [0.1, 0.15) is 5.92 Å². The first-order valence-electron chi connectivity index (χ1n) is 13.3. The number of hydrogen-bond donors (Lipinski definition) is 2. The van der Waals surface area contributed by atoms with E-state index in [9.17, 15) is 15.0 Å². The van der Waals surface area contributed by atoms with Crippen LogP contribution in [-0.4, -0.2) is 28.4 Å². The molecule has 0 spiro atoms. The Kier molecular flexibility index (Phi) is 17.6. The summed E-state index contributed by atoms with van der Waals surface area (Å²) in [6, 6.07) is 10.0. The molecule has 0 aliphatic carbocycles. The van der Waals surface area contributed by atoms with Crippen molar-refractivity contribution in [3.05, 3.63) is 48.0 Å². The summed E-state index contributed by atoms with van der Waals surface area (Å²) in [7, 11) is 0. The van der Waals surface area contributed by atoms with Gasteiger partial charge in [0.15, 0.2) is 0 Å². The van der Waals surface area contributed by atoms with E-state index in [4.69, 9.17) is 4.74 Å². The van der Waals surface area contributed by atoms with Crippen LogP contribution in [0.3, 0.4) is 0 Å². The fourth-order valence-electron chi connectivity index (χ4n) is 4.10. The van der Waals surface area contributed by atoms with Gasteiger partial charge in [-0.25, -0.2) is 0 Å². The summed E-state index contributed by atoms with van der Waals surface area (Å²) in [6.07, 6.45) is 18.0. The van der Waals surface area contributed by atoms with Gasteiger partial charge in [0, 0.05) is 6.42 Å². The van der Waals surface area contributed by atoms with Crippen molar-refractivity contribution in [2.75, 3.05) is 0 Å². The van der Waals surface area contributed by atoms with Gasteiger partial charge in [-0.1, -0.05) is 127 Å². The van der Waals surface area contributed by atoms with Crippen LogP contribution in [0.2, 0.25) is 0 Å². The highest BCUT2D eigenvalue weighted by Gasteiger charge is 2.27. The van der Waals surface area contributed by atoms with Crippen molar-refractivity contribution < 1.29 is 19.7 Å². The van der Waals surface area contributed by atoms with Crippen LogP contribution in [0.15, 0.2) is 42.5 Å². The zero-order valence-electron chi connectivity index (χ0n) is 21.1. The molecule has 0 saturated carbocycles. The Balaban J connectivity index is 2.53. The molecule has 0 bridgehead atoms. The van der Waals surface area contributed by atoms with E-state index >= 15 is 0 Å². The number of carboxylic acids is 1. The summed E-state index contributed by atoms with van der Waals surface area (Å²) in [5.74, 6) is -1.85. The van der Waals surface area contributed by atoms with E-state index in [0.717, 1.165) is 44.1 Å². The number of allylic oxidation sites excluding steroid dienone is 1. The van der Waals surface area contributed by atoms with Gasteiger partial charge in [-0.2, -0.15) is 0 Å². The number of hydrogen-bond acceptors (Lipinski definition) is 3. The number of carbonyl (C=O) groups is 1. The first-order valence-corrected chi connectivity index (χ1v) is 13.3. The lowest BCUT2D eigenvalue weighted by Gasteiger charge is -2.23.